The molecule has 118 valence electrons. The van der Waals surface area contributed by atoms with Crippen molar-refractivity contribution in [3.05, 3.63) is 77.5 Å². The van der Waals surface area contributed by atoms with Crippen molar-refractivity contribution in [1.29, 1.82) is 0 Å². The van der Waals surface area contributed by atoms with E-state index in [1.54, 1.807) is 0 Å². The van der Waals surface area contributed by atoms with Crippen molar-refractivity contribution in [3.8, 4) is 0 Å². The molecule has 1 saturated heterocycles. The molecular weight excluding hydrogens is 292 g/mol. The van der Waals surface area contributed by atoms with Gasteiger partial charge in [0.05, 0.1) is 20.5 Å². The van der Waals surface area contributed by atoms with Crippen LogP contribution in [0.2, 0.25) is 0 Å². The molecule has 0 spiro atoms. The van der Waals surface area contributed by atoms with Crippen LogP contribution in [0.1, 0.15) is 28.9 Å². The van der Waals surface area contributed by atoms with Gasteiger partial charge in [0.1, 0.15) is 17.8 Å². The standard InChI is InChI=1S/C19H18O4/c1-21-12-16(19(20)22-2)14-10-6-7-11-15(14)18-17(23-18)13-8-4-3-5-9-13/h3-12,17-18H,1-2H3/t17-,18-/m1/s1. The number of methoxy groups -OCH3 is 2. The van der Waals surface area contributed by atoms with Gasteiger partial charge in [0.25, 0.3) is 0 Å². The molecule has 0 aliphatic carbocycles. The number of epoxide rings is 1. The van der Waals surface area contributed by atoms with Gasteiger partial charge in [-0.2, -0.15) is 0 Å². The molecule has 0 amide bonds. The normalized spacial score (nSPS) is 20.0. The van der Waals surface area contributed by atoms with Crippen molar-refractivity contribution in [2.24, 2.45) is 0 Å². The molecule has 2 aromatic carbocycles. The largest absolute Gasteiger partial charge is 0.503 e. The third-order valence-electron chi connectivity index (χ3n) is 3.82. The van der Waals surface area contributed by atoms with E-state index in [1.165, 1.54) is 20.5 Å². The van der Waals surface area contributed by atoms with Crippen molar-refractivity contribution in [3.63, 3.8) is 0 Å². The second-order valence-corrected chi connectivity index (χ2v) is 5.23. The Morgan fingerprint density at radius 3 is 2.39 bits per heavy atom. The highest BCUT2D eigenvalue weighted by atomic mass is 16.6. The van der Waals surface area contributed by atoms with Crippen LogP contribution in [-0.4, -0.2) is 20.2 Å². The maximum atomic E-state index is 12.0. The number of carbonyl (C=O) groups is 1. The van der Waals surface area contributed by atoms with Crippen molar-refractivity contribution in [1.82, 2.24) is 0 Å². The molecule has 0 unspecified atom stereocenters. The van der Waals surface area contributed by atoms with Crippen molar-refractivity contribution in [2.45, 2.75) is 12.2 Å². The van der Waals surface area contributed by atoms with Crippen molar-refractivity contribution in [2.75, 3.05) is 14.2 Å². The van der Waals surface area contributed by atoms with Crippen LogP contribution < -0.4 is 0 Å². The van der Waals surface area contributed by atoms with E-state index >= 15 is 0 Å². The summed E-state index contributed by atoms with van der Waals surface area (Å²) in [5.41, 5.74) is 3.23. The lowest BCUT2D eigenvalue weighted by atomic mass is 9.95. The molecule has 0 aromatic heterocycles. The zero-order valence-electron chi connectivity index (χ0n) is 13.1. The van der Waals surface area contributed by atoms with Gasteiger partial charge in [0.2, 0.25) is 0 Å². The molecule has 0 radical (unpaired) electrons. The molecule has 1 aliphatic rings. The van der Waals surface area contributed by atoms with E-state index in [4.69, 9.17) is 14.2 Å². The van der Waals surface area contributed by atoms with E-state index in [1.807, 2.05) is 54.6 Å². The van der Waals surface area contributed by atoms with E-state index < -0.39 is 5.97 Å². The molecule has 2 atom stereocenters. The molecule has 4 heteroatoms. The van der Waals surface area contributed by atoms with Crippen LogP contribution >= 0.6 is 0 Å². The lowest BCUT2D eigenvalue weighted by Crippen LogP contribution is -2.06. The third-order valence-corrected chi connectivity index (χ3v) is 3.82. The van der Waals surface area contributed by atoms with Crippen LogP contribution in [0.25, 0.3) is 5.57 Å². The minimum absolute atomic E-state index is 0.0128. The molecule has 0 bridgehead atoms. The fraction of sp³-hybridized carbons (Fsp3) is 0.211. The van der Waals surface area contributed by atoms with Crippen LogP contribution in [0.15, 0.2) is 60.9 Å². The Hall–Kier alpha value is -2.59. The highest BCUT2D eigenvalue weighted by molar-refractivity contribution is 6.16. The number of carbonyl (C=O) groups excluding carboxylic acids is 1. The first-order valence-corrected chi connectivity index (χ1v) is 7.37. The minimum Gasteiger partial charge on any atom is -0.503 e. The Labute approximate surface area is 135 Å². The SMILES string of the molecule is COC=C(C(=O)OC)c1ccccc1[C@H]1O[C@@H]1c1ccccc1. The molecule has 1 aliphatic heterocycles. The Bertz CT molecular complexity index is 721. The molecule has 1 fully saturated rings. The van der Waals surface area contributed by atoms with Crippen LogP contribution in [-0.2, 0) is 19.0 Å². The zero-order chi connectivity index (χ0) is 16.2. The number of hydrogen-bond donors (Lipinski definition) is 0. The number of ether oxygens (including phenoxy) is 3. The van der Waals surface area contributed by atoms with Gasteiger partial charge in [-0.05, 0) is 16.7 Å². The van der Waals surface area contributed by atoms with E-state index in [0.29, 0.717) is 5.57 Å². The van der Waals surface area contributed by atoms with Gasteiger partial charge in [0.15, 0.2) is 0 Å². The van der Waals surface area contributed by atoms with Gasteiger partial charge in [-0.3, -0.25) is 0 Å². The van der Waals surface area contributed by atoms with E-state index in [-0.39, 0.29) is 12.2 Å². The van der Waals surface area contributed by atoms with Gasteiger partial charge in [0, 0.05) is 0 Å². The molecule has 23 heavy (non-hydrogen) atoms. The van der Waals surface area contributed by atoms with E-state index in [2.05, 4.69) is 0 Å². The topological polar surface area (TPSA) is 48.1 Å². The van der Waals surface area contributed by atoms with E-state index in [9.17, 15) is 4.79 Å². The lowest BCUT2D eigenvalue weighted by Gasteiger charge is -2.10. The maximum Gasteiger partial charge on any atom is 0.341 e. The second-order valence-electron chi connectivity index (χ2n) is 5.23. The fourth-order valence-corrected chi connectivity index (χ4v) is 2.68. The number of esters is 1. The van der Waals surface area contributed by atoms with Gasteiger partial charge in [-0.1, -0.05) is 54.6 Å². The summed E-state index contributed by atoms with van der Waals surface area (Å²) in [6.45, 7) is 0. The average molecular weight is 310 g/mol. The molecule has 0 N–H and O–H groups in total. The molecule has 3 rings (SSSR count). The Balaban J connectivity index is 1.93. The van der Waals surface area contributed by atoms with Crippen LogP contribution in [0, 0.1) is 0 Å². The predicted octanol–water partition coefficient (Wildman–Crippen LogP) is 3.66. The van der Waals surface area contributed by atoms with Crippen molar-refractivity contribution < 1.29 is 19.0 Å². The summed E-state index contributed by atoms with van der Waals surface area (Å²) < 4.78 is 15.8. The number of hydrogen-bond acceptors (Lipinski definition) is 4. The number of benzene rings is 2. The third kappa shape index (κ3) is 3.12. The first kappa shape index (κ1) is 15.3. The van der Waals surface area contributed by atoms with Gasteiger partial charge >= 0.3 is 5.97 Å². The summed E-state index contributed by atoms with van der Waals surface area (Å²) in [4.78, 5) is 12.0. The monoisotopic (exact) mass is 310 g/mol. The van der Waals surface area contributed by atoms with Crippen LogP contribution in [0.5, 0.6) is 0 Å². The highest BCUT2D eigenvalue weighted by Gasteiger charge is 2.43. The summed E-state index contributed by atoms with van der Waals surface area (Å²) in [6, 6.07) is 17.7. The van der Waals surface area contributed by atoms with Crippen LogP contribution in [0.4, 0.5) is 0 Å². The molecular formula is C19H18O4. The lowest BCUT2D eigenvalue weighted by molar-refractivity contribution is -0.133. The average Bonchev–Trinajstić information content (AvgIpc) is 3.40. The summed E-state index contributed by atoms with van der Waals surface area (Å²) in [6.07, 6.45) is 1.35. The van der Waals surface area contributed by atoms with Crippen molar-refractivity contribution >= 4 is 11.5 Å². The fourth-order valence-electron chi connectivity index (χ4n) is 2.68. The maximum absolute atomic E-state index is 12.0. The summed E-state index contributed by atoms with van der Waals surface area (Å²) in [5.74, 6) is -0.434. The smallest absolute Gasteiger partial charge is 0.341 e. The van der Waals surface area contributed by atoms with Gasteiger partial charge < -0.3 is 14.2 Å². The molecule has 4 nitrogen and oxygen atoms in total. The molecule has 2 aromatic rings. The first-order chi connectivity index (χ1) is 11.3. The highest BCUT2D eigenvalue weighted by Crippen LogP contribution is 2.52. The Morgan fingerprint density at radius 2 is 1.70 bits per heavy atom. The Kier molecular flexibility index (Phi) is 4.44. The first-order valence-electron chi connectivity index (χ1n) is 7.37. The van der Waals surface area contributed by atoms with Gasteiger partial charge in [-0.25, -0.2) is 4.79 Å². The quantitative estimate of drug-likeness (QED) is 0.366. The Morgan fingerprint density at radius 1 is 1.00 bits per heavy atom. The minimum atomic E-state index is -0.434. The predicted molar refractivity (Wildman–Crippen MR) is 86.5 cm³/mol. The summed E-state index contributed by atoms with van der Waals surface area (Å²) in [5, 5.41) is 0. The van der Waals surface area contributed by atoms with E-state index in [0.717, 1.165) is 16.7 Å². The number of rotatable bonds is 5. The van der Waals surface area contributed by atoms with Crippen LogP contribution in [0.3, 0.4) is 0 Å². The van der Waals surface area contributed by atoms with Gasteiger partial charge in [-0.15, -0.1) is 0 Å². The zero-order valence-corrected chi connectivity index (χ0v) is 13.1. The summed E-state index contributed by atoms with van der Waals surface area (Å²) in [7, 11) is 2.86. The second kappa shape index (κ2) is 6.67. The summed E-state index contributed by atoms with van der Waals surface area (Å²) >= 11 is 0. The molecule has 0 saturated carbocycles. The molecule has 1 heterocycles.